The average molecular weight is 264 g/mol. The van der Waals surface area contributed by atoms with E-state index in [-0.39, 0.29) is 17.4 Å². The van der Waals surface area contributed by atoms with Gasteiger partial charge in [-0.3, -0.25) is 5.41 Å². The van der Waals surface area contributed by atoms with Crippen molar-refractivity contribution < 1.29 is 9.18 Å². The molecule has 1 aliphatic heterocycles. The lowest BCUT2D eigenvalue weighted by atomic mass is 10.1. The number of likely N-dealkylation sites (tertiary alicyclic amines) is 1. The minimum atomic E-state index is -0.485. The molecule has 0 bridgehead atoms. The molecule has 0 atom stereocenters. The zero-order valence-electron chi connectivity index (χ0n) is 10.6. The molecular weight excluding hydrogens is 247 g/mol. The van der Waals surface area contributed by atoms with E-state index in [1.165, 1.54) is 12.1 Å². The SMILES string of the molecule is N=C(N)c1cc(F)ccc1NC(=O)N1CCCCC1. The molecule has 4 N–H and O–H groups in total. The summed E-state index contributed by atoms with van der Waals surface area (Å²) in [4.78, 5) is 13.8. The molecule has 1 heterocycles. The Kier molecular flexibility index (Phi) is 3.99. The first-order valence-corrected chi connectivity index (χ1v) is 6.28. The summed E-state index contributed by atoms with van der Waals surface area (Å²) in [5.41, 5.74) is 5.95. The molecule has 0 radical (unpaired) electrons. The number of nitrogens with zero attached hydrogens (tertiary/aromatic N) is 1. The van der Waals surface area contributed by atoms with Crippen molar-refractivity contribution in [3.63, 3.8) is 0 Å². The minimum Gasteiger partial charge on any atom is -0.384 e. The predicted octanol–water partition coefficient (Wildman–Crippen LogP) is 2.13. The number of carbonyl (C=O) groups excluding carboxylic acids is 1. The monoisotopic (exact) mass is 264 g/mol. The van der Waals surface area contributed by atoms with Gasteiger partial charge in [0.1, 0.15) is 11.7 Å². The average Bonchev–Trinajstić information content (AvgIpc) is 2.41. The van der Waals surface area contributed by atoms with Crippen LogP contribution in [0.1, 0.15) is 24.8 Å². The van der Waals surface area contributed by atoms with Crippen molar-refractivity contribution in [2.75, 3.05) is 18.4 Å². The first-order valence-electron chi connectivity index (χ1n) is 6.28. The van der Waals surface area contributed by atoms with Crippen LogP contribution in [0.3, 0.4) is 0 Å². The standard InChI is InChI=1S/C13H17FN4O/c14-9-4-5-11(10(8-9)12(15)16)17-13(19)18-6-2-1-3-7-18/h4-5,8H,1-3,6-7H2,(H3,15,16)(H,17,19). The highest BCUT2D eigenvalue weighted by atomic mass is 19.1. The molecule has 0 aromatic heterocycles. The lowest BCUT2D eigenvalue weighted by Crippen LogP contribution is -2.39. The largest absolute Gasteiger partial charge is 0.384 e. The lowest BCUT2D eigenvalue weighted by Gasteiger charge is -2.27. The molecule has 1 aromatic carbocycles. The van der Waals surface area contributed by atoms with Gasteiger partial charge in [-0.25, -0.2) is 9.18 Å². The summed E-state index contributed by atoms with van der Waals surface area (Å²) in [6, 6.07) is 3.58. The molecule has 0 spiro atoms. The molecular formula is C13H17FN4O. The second kappa shape index (κ2) is 5.69. The van der Waals surface area contributed by atoms with Crippen LogP contribution in [-0.2, 0) is 0 Å². The maximum atomic E-state index is 13.1. The number of urea groups is 1. The van der Waals surface area contributed by atoms with Gasteiger partial charge in [-0.15, -0.1) is 0 Å². The Hall–Kier alpha value is -2.11. The van der Waals surface area contributed by atoms with Crippen LogP contribution >= 0.6 is 0 Å². The Morgan fingerprint density at radius 1 is 1.32 bits per heavy atom. The first-order chi connectivity index (χ1) is 9.08. The molecule has 1 fully saturated rings. The van der Waals surface area contributed by atoms with E-state index < -0.39 is 5.82 Å². The normalized spacial score (nSPS) is 15.1. The number of rotatable bonds is 2. The minimum absolute atomic E-state index is 0.199. The van der Waals surface area contributed by atoms with Crippen LogP contribution in [0.25, 0.3) is 0 Å². The van der Waals surface area contributed by atoms with E-state index in [0.29, 0.717) is 5.69 Å². The maximum Gasteiger partial charge on any atom is 0.321 e. The van der Waals surface area contributed by atoms with E-state index in [2.05, 4.69) is 5.32 Å². The number of nitrogens with two attached hydrogens (primary N) is 1. The number of carbonyl (C=O) groups is 1. The molecule has 6 heteroatoms. The second-order valence-electron chi connectivity index (χ2n) is 4.58. The molecule has 1 saturated heterocycles. The summed E-state index contributed by atoms with van der Waals surface area (Å²) >= 11 is 0. The molecule has 1 aliphatic rings. The predicted molar refractivity (Wildman–Crippen MR) is 71.9 cm³/mol. The highest BCUT2D eigenvalue weighted by molar-refractivity contribution is 6.03. The van der Waals surface area contributed by atoms with Gasteiger partial charge in [0.05, 0.1) is 5.69 Å². The Balaban J connectivity index is 2.13. The number of nitrogens with one attached hydrogen (secondary N) is 2. The summed E-state index contributed by atoms with van der Waals surface area (Å²) in [5.74, 6) is -0.755. The van der Waals surface area contributed by atoms with Crippen molar-refractivity contribution in [2.24, 2.45) is 5.73 Å². The number of amidine groups is 1. The van der Waals surface area contributed by atoms with E-state index in [1.54, 1.807) is 4.90 Å². The second-order valence-corrected chi connectivity index (χ2v) is 4.58. The van der Waals surface area contributed by atoms with Crippen molar-refractivity contribution in [3.8, 4) is 0 Å². The fourth-order valence-corrected chi connectivity index (χ4v) is 2.14. The van der Waals surface area contributed by atoms with Gasteiger partial charge < -0.3 is 16.0 Å². The molecule has 0 unspecified atom stereocenters. The zero-order valence-corrected chi connectivity index (χ0v) is 10.6. The third-order valence-electron chi connectivity index (χ3n) is 3.16. The van der Waals surface area contributed by atoms with Crippen molar-refractivity contribution in [1.82, 2.24) is 4.90 Å². The van der Waals surface area contributed by atoms with Crippen molar-refractivity contribution >= 4 is 17.6 Å². The van der Waals surface area contributed by atoms with Gasteiger partial charge in [0, 0.05) is 18.7 Å². The van der Waals surface area contributed by atoms with Crippen LogP contribution in [0.15, 0.2) is 18.2 Å². The van der Waals surface area contributed by atoms with E-state index in [1.807, 2.05) is 0 Å². The van der Waals surface area contributed by atoms with Gasteiger partial charge in [-0.1, -0.05) is 0 Å². The molecule has 2 rings (SSSR count). The summed E-state index contributed by atoms with van der Waals surface area (Å²) in [5, 5.41) is 10.1. The van der Waals surface area contributed by atoms with E-state index in [0.717, 1.165) is 38.4 Å². The smallest absolute Gasteiger partial charge is 0.321 e. The third-order valence-corrected chi connectivity index (χ3v) is 3.16. The summed E-state index contributed by atoms with van der Waals surface area (Å²) < 4.78 is 13.1. The van der Waals surface area contributed by atoms with Gasteiger partial charge in [0.15, 0.2) is 0 Å². The number of halogens is 1. The topological polar surface area (TPSA) is 82.2 Å². The fourth-order valence-electron chi connectivity index (χ4n) is 2.14. The molecule has 102 valence electrons. The van der Waals surface area contributed by atoms with E-state index in [9.17, 15) is 9.18 Å². The molecule has 2 amide bonds. The van der Waals surface area contributed by atoms with Crippen LogP contribution < -0.4 is 11.1 Å². The van der Waals surface area contributed by atoms with E-state index in [4.69, 9.17) is 11.1 Å². The van der Waals surface area contributed by atoms with Crippen LogP contribution in [0.5, 0.6) is 0 Å². The number of nitrogen functional groups attached to an aromatic ring is 1. The maximum absolute atomic E-state index is 13.1. The Bertz CT molecular complexity index is 497. The van der Waals surface area contributed by atoms with Crippen LogP contribution in [0.2, 0.25) is 0 Å². The van der Waals surface area contributed by atoms with Crippen molar-refractivity contribution in [3.05, 3.63) is 29.6 Å². The van der Waals surface area contributed by atoms with Crippen molar-refractivity contribution in [1.29, 1.82) is 5.41 Å². The molecule has 19 heavy (non-hydrogen) atoms. The highest BCUT2D eigenvalue weighted by Crippen LogP contribution is 2.18. The first kappa shape index (κ1) is 13.3. The Morgan fingerprint density at radius 2 is 2.00 bits per heavy atom. The zero-order chi connectivity index (χ0) is 13.8. The number of benzene rings is 1. The van der Waals surface area contributed by atoms with Gasteiger partial charge >= 0.3 is 6.03 Å². The fraction of sp³-hybridized carbons (Fsp3) is 0.385. The number of hydrogen-bond donors (Lipinski definition) is 3. The summed E-state index contributed by atoms with van der Waals surface area (Å²) in [6.45, 7) is 1.45. The molecule has 5 nitrogen and oxygen atoms in total. The molecule has 1 aromatic rings. The Morgan fingerprint density at radius 3 is 2.63 bits per heavy atom. The number of amides is 2. The summed E-state index contributed by atoms with van der Waals surface area (Å²) in [7, 11) is 0. The van der Waals surface area contributed by atoms with Gasteiger partial charge in [-0.2, -0.15) is 0 Å². The van der Waals surface area contributed by atoms with Crippen LogP contribution in [0.4, 0.5) is 14.9 Å². The number of hydrogen-bond acceptors (Lipinski definition) is 2. The van der Waals surface area contributed by atoms with Gasteiger partial charge in [0.25, 0.3) is 0 Å². The number of piperidine rings is 1. The molecule has 0 aliphatic carbocycles. The van der Waals surface area contributed by atoms with Crippen molar-refractivity contribution in [2.45, 2.75) is 19.3 Å². The molecule has 0 saturated carbocycles. The van der Waals surface area contributed by atoms with Crippen LogP contribution in [0, 0.1) is 11.2 Å². The van der Waals surface area contributed by atoms with Gasteiger partial charge in [-0.05, 0) is 37.5 Å². The summed E-state index contributed by atoms with van der Waals surface area (Å²) in [6.07, 6.45) is 3.13. The van der Waals surface area contributed by atoms with Crippen LogP contribution in [-0.4, -0.2) is 29.9 Å². The van der Waals surface area contributed by atoms with Gasteiger partial charge in [0.2, 0.25) is 0 Å². The lowest BCUT2D eigenvalue weighted by molar-refractivity contribution is 0.200. The quantitative estimate of drug-likeness (QED) is 0.565. The van der Waals surface area contributed by atoms with E-state index >= 15 is 0 Å². The Labute approximate surface area is 111 Å². The third kappa shape index (κ3) is 3.21. The highest BCUT2D eigenvalue weighted by Gasteiger charge is 2.18. The number of anilines is 1.